The second-order valence-corrected chi connectivity index (χ2v) is 5.98. The number of ether oxygens (including phenoxy) is 1. The molecule has 5 nitrogen and oxygen atoms in total. The van der Waals surface area contributed by atoms with Crippen LogP contribution in [0.3, 0.4) is 0 Å². The van der Waals surface area contributed by atoms with Gasteiger partial charge in [-0.1, -0.05) is 12.1 Å². The van der Waals surface area contributed by atoms with Crippen LogP contribution in [0.5, 0.6) is 5.75 Å². The Morgan fingerprint density at radius 2 is 1.76 bits per heavy atom. The average molecular weight is 311 g/mol. The quantitative estimate of drug-likeness (QED) is 0.858. The maximum absolute atomic E-state index is 12.9. The summed E-state index contributed by atoms with van der Waals surface area (Å²) in [6, 6.07) is 10.8. The van der Waals surface area contributed by atoms with E-state index >= 15 is 0 Å². The molecule has 0 saturated heterocycles. The molecule has 2 aromatic carbocycles. The van der Waals surface area contributed by atoms with Gasteiger partial charge in [0.15, 0.2) is 0 Å². The summed E-state index contributed by atoms with van der Waals surface area (Å²) < 4.78 is 43.9. The first-order valence-corrected chi connectivity index (χ1v) is 7.47. The van der Waals surface area contributed by atoms with E-state index in [4.69, 9.17) is 4.74 Å². The molecule has 0 atom stereocenters. The maximum Gasteiger partial charge on any atom is 0.266 e. The predicted octanol–water partition coefficient (Wildman–Crippen LogP) is 1.98. The van der Waals surface area contributed by atoms with Gasteiger partial charge in [0.25, 0.3) is 10.0 Å². The Labute approximate surface area is 122 Å². The Morgan fingerprint density at radius 3 is 2.33 bits per heavy atom. The lowest BCUT2D eigenvalue weighted by atomic mass is 10.3. The Hall–Kier alpha value is -2.12. The highest BCUT2D eigenvalue weighted by Gasteiger charge is 2.26. The lowest BCUT2D eigenvalue weighted by molar-refractivity contribution is 0.307. The van der Waals surface area contributed by atoms with E-state index < -0.39 is 22.6 Å². The summed E-state index contributed by atoms with van der Waals surface area (Å²) in [5.74, 6) is -0.237. The van der Waals surface area contributed by atoms with Gasteiger partial charge >= 0.3 is 0 Å². The number of benzene rings is 2. The molecule has 0 aliphatic carbocycles. The zero-order valence-electron chi connectivity index (χ0n) is 11.2. The minimum absolute atomic E-state index is 0.121. The molecule has 2 rings (SSSR count). The van der Waals surface area contributed by atoms with Gasteiger partial charge in [0.2, 0.25) is 0 Å². The van der Waals surface area contributed by atoms with Gasteiger partial charge in [-0.15, -0.1) is 0 Å². The molecule has 112 valence electrons. The molecule has 0 fully saturated rings. The fourth-order valence-electron chi connectivity index (χ4n) is 1.85. The summed E-state index contributed by atoms with van der Waals surface area (Å²) in [4.78, 5) is -0.121. The van der Waals surface area contributed by atoms with E-state index in [1.165, 1.54) is 13.2 Å². The van der Waals surface area contributed by atoms with Gasteiger partial charge in [-0.3, -0.25) is 0 Å². The SMILES string of the molecule is COc1ccccc1N(CO)S(=O)(=O)c1ccc(F)cc1. The van der Waals surface area contributed by atoms with E-state index in [0.29, 0.717) is 5.75 Å². The molecular formula is C14H14FNO4S. The number of halogens is 1. The van der Waals surface area contributed by atoms with E-state index in [2.05, 4.69) is 0 Å². The topological polar surface area (TPSA) is 66.8 Å². The van der Waals surface area contributed by atoms with Crippen molar-refractivity contribution in [1.29, 1.82) is 0 Å². The van der Waals surface area contributed by atoms with Crippen molar-refractivity contribution in [1.82, 2.24) is 0 Å². The zero-order valence-corrected chi connectivity index (χ0v) is 12.0. The average Bonchev–Trinajstić information content (AvgIpc) is 2.48. The van der Waals surface area contributed by atoms with Crippen LogP contribution in [0.1, 0.15) is 0 Å². The van der Waals surface area contributed by atoms with Gasteiger partial charge in [0.1, 0.15) is 18.3 Å². The minimum atomic E-state index is -4.02. The number of sulfonamides is 1. The number of aliphatic hydroxyl groups is 1. The van der Waals surface area contributed by atoms with E-state index in [0.717, 1.165) is 28.6 Å². The minimum Gasteiger partial charge on any atom is -0.495 e. The number of rotatable bonds is 5. The van der Waals surface area contributed by atoms with Gasteiger partial charge in [0.05, 0.1) is 17.7 Å². The first-order chi connectivity index (χ1) is 10.0. The molecule has 0 unspecified atom stereocenters. The van der Waals surface area contributed by atoms with Gasteiger partial charge in [-0.2, -0.15) is 0 Å². The Morgan fingerprint density at radius 1 is 1.14 bits per heavy atom. The molecule has 1 N–H and O–H groups in total. The molecule has 21 heavy (non-hydrogen) atoms. The van der Waals surface area contributed by atoms with Crippen LogP contribution in [0.25, 0.3) is 0 Å². The highest BCUT2D eigenvalue weighted by molar-refractivity contribution is 7.92. The zero-order chi connectivity index (χ0) is 15.5. The van der Waals surface area contributed by atoms with Crippen LogP contribution in [0, 0.1) is 5.82 Å². The second kappa shape index (κ2) is 6.11. The highest BCUT2D eigenvalue weighted by Crippen LogP contribution is 2.31. The van der Waals surface area contributed by atoms with Crippen LogP contribution < -0.4 is 9.04 Å². The van der Waals surface area contributed by atoms with Crippen molar-refractivity contribution >= 4 is 15.7 Å². The number of hydrogen-bond donors (Lipinski definition) is 1. The molecule has 0 saturated carbocycles. The van der Waals surface area contributed by atoms with Crippen molar-refractivity contribution in [3.8, 4) is 5.75 Å². The summed E-state index contributed by atoms with van der Waals surface area (Å²) in [5, 5.41) is 9.47. The number of nitrogens with zero attached hydrogens (tertiary/aromatic N) is 1. The van der Waals surface area contributed by atoms with Gasteiger partial charge < -0.3 is 9.84 Å². The van der Waals surface area contributed by atoms with Crippen LogP contribution in [0.15, 0.2) is 53.4 Å². The summed E-state index contributed by atoms with van der Waals surface area (Å²) in [6.45, 7) is -0.764. The number of hydrogen-bond acceptors (Lipinski definition) is 4. The lowest BCUT2D eigenvalue weighted by Gasteiger charge is -2.23. The predicted molar refractivity (Wildman–Crippen MR) is 76.1 cm³/mol. The number of methoxy groups -OCH3 is 1. The Bertz CT molecular complexity index is 716. The standard InChI is InChI=1S/C14H14FNO4S/c1-20-14-5-3-2-4-13(14)16(10-17)21(18,19)12-8-6-11(15)7-9-12/h2-9,17H,10H2,1H3. The summed E-state index contributed by atoms with van der Waals surface area (Å²) in [6.07, 6.45) is 0. The smallest absolute Gasteiger partial charge is 0.266 e. The molecule has 0 heterocycles. The van der Waals surface area contributed by atoms with Crippen molar-refractivity contribution in [3.05, 3.63) is 54.3 Å². The molecule has 0 aliphatic rings. The molecule has 0 aromatic heterocycles. The highest BCUT2D eigenvalue weighted by atomic mass is 32.2. The Balaban J connectivity index is 2.52. The third-order valence-electron chi connectivity index (χ3n) is 2.88. The summed E-state index contributed by atoms with van der Waals surface area (Å²) in [5.41, 5.74) is 0.201. The molecule has 2 aromatic rings. The summed E-state index contributed by atoms with van der Waals surface area (Å²) in [7, 11) is -2.62. The van der Waals surface area contributed by atoms with Crippen molar-refractivity contribution in [3.63, 3.8) is 0 Å². The molecular weight excluding hydrogens is 297 g/mol. The lowest BCUT2D eigenvalue weighted by Crippen LogP contribution is -2.32. The van der Waals surface area contributed by atoms with Crippen molar-refractivity contribution in [2.24, 2.45) is 0 Å². The number of aliphatic hydroxyl groups excluding tert-OH is 1. The Kier molecular flexibility index (Phi) is 4.44. The van der Waals surface area contributed by atoms with Gasteiger partial charge in [-0.25, -0.2) is 17.1 Å². The fraction of sp³-hybridized carbons (Fsp3) is 0.143. The first-order valence-electron chi connectivity index (χ1n) is 6.03. The van der Waals surface area contributed by atoms with Crippen LogP contribution in [0.2, 0.25) is 0 Å². The van der Waals surface area contributed by atoms with Crippen LogP contribution >= 0.6 is 0 Å². The van der Waals surface area contributed by atoms with Crippen molar-refractivity contribution in [2.75, 3.05) is 18.1 Å². The molecule has 0 aliphatic heterocycles. The summed E-state index contributed by atoms with van der Waals surface area (Å²) >= 11 is 0. The number of anilines is 1. The second-order valence-electron chi connectivity index (χ2n) is 4.12. The van der Waals surface area contributed by atoms with Gasteiger partial charge in [-0.05, 0) is 36.4 Å². The van der Waals surface area contributed by atoms with Crippen LogP contribution in [-0.2, 0) is 10.0 Å². The van der Waals surface area contributed by atoms with Gasteiger partial charge in [0, 0.05) is 0 Å². The van der Waals surface area contributed by atoms with Crippen LogP contribution in [-0.4, -0.2) is 27.4 Å². The van der Waals surface area contributed by atoms with Crippen LogP contribution in [0.4, 0.5) is 10.1 Å². The van der Waals surface area contributed by atoms with E-state index in [1.807, 2.05) is 0 Å². The van der Waals surface area contributed by atoms with Crippen molar-refractivity contribution < 1.29 is 22.7 Å². The molecule has 0 amide bonds. The van der Waals surface area contributed by atoms with E-state index in [1.54, 1.807) is 18.2 Å². The fourth-order valence-corrected chi connectivity index (χ4v) is 3.15. The first kappa shape index (κ1) is 15.3. The third kappa shape index (κ3) is 2.98. The normalized spacial score (nSPS) is 11.2. The number of para-hydroxylation sites is 2. The molecule has 7 heteroatoms. The molecule has 0 spiro atoms. The molecule has 0 bridgehead atoms. The maximum atomic E-state index is 12.9. The van der Waals surface area contributed by atoms with E-state index in [-0.39, 0.29) is 10.6 Å². The monoisotopic (exact) mass is 311 g/mol. The van der Waals surface area contributed by atoms with Crippen molar-refractivity contribution in [2.45, 2.75) is 4.90 Å². The molecule has 0 radical (unpaired) electrons. The van der Waals surface area contributed by atoms with E-state index in [9.17, 15) is 17.9 Å². The largest absolute Gasteiger partial charge is 0.495 e. The third-order valence-corrected chi connectivity index (χ3v) is 4.64.